The zero-order valence-electron chi connectivity index (χ0n) is 11.0. The molecule has 2 rings (SSSR count). The number of anilines is 1. The van der Waals surface area contributed by atoms with Crippen LogP contribution >= 0.6 is 34.8 Å². The molecular weight excluding hydrogens is 353 g/mol. The van der Waals surface area contributed by atoms with E-state index in [4.69, 9.17) is 34.8 Å². The van der Waals surface area contributed by atoms with Crippen LogP contribution in [0.15, 0.2) is 47.4 Å². The summed E-state index contributed by atoms with van der Waals surface area (Å²) in [7, 11) is -3.76. The average molecular weight is 365 g/mol. The second-order valence-corrected chi connectivity index (χ2v) is 7.54. The van der Waals surface area contributed by atoms with Gasteiger partial charge in [0.25, 0.3) is 10.0 Å². The van der Waals surface area contributed by atoms with Crippen LogP contribution in [0.1, 0.15) is 17.9 Å². The molecule has 1 unspecified atom stereocenters. The highest BCUT2D eigenvalue weighted by Crippen LogP contribution is 2.30. The van der Waals surface area contributed by atoms with Crippen molar-refractivity contribution in [1.29, 1.82) is 0 Å². The van der Waals surface area contributed by atoms with Crippen LogP contribution in [0.4, 0.5) is 5.69 Å². The first-order chi connectivity index (χ1) is 9.81. The van der Waals surface area contributed by atoms with E-state index in [2.05, 4.69) is 4.72 Å². The van der Waals surface area contributed by atoms with E-state index < -0.39 is 10.0 Å². The Morgan fingerprint density at radius 2 is 1.71 bits per heavy atom. The number of rotatable bonds is 4. The number of nitrogens with one attached hydrogen (secondary N) is 1. The van der Waals surface area contributed by atoms with E-state index in [1.165, 1.54) is 18.2 Å². The zero-order valence-corrected chi connectivity index (χ0v) is 14.1. The molecule has 0 bridgehead atoms. The molecule has 0 fully saturated rings. The Labute approximate surface area is 138 Å². The third-order valence-corrected chi connectivity index (χ3v) is 5.17. The van der Waals surface area contributed by atoms with Gasteiger partial charge in [-0.25, -0.2) is 8.42 Å². The van der Waals surface area contributed by atoms with E-state index >= 15 is 0 Å². The molecule has 0 amide bonds. The first-order valence-corrected chi connectivity index (χ1v) is 8.69. The van der Waals surface area contributed by atoms with Crippen molar-refractivity contribution in [1.82, 2.24) is 0 Å². The molecule has 2 aromatic carbocycles. The maximum Gasteiger partial charge on any atom is 0.261 e. The molecule has 21 heavy (non-hydrogen) atoms. The molecule has 0 heterocycles. The summed E-state index contributed by atoms with van der Waals surface area (Å²) in [4.78, 5) is 0.0360. The quantitative estimate of drug-likeness (QED) is 0.768. The summed E-state index contributed by atoms with van der Waals surface area (Å²) in [5, 5.41) is 0.154. The zero-order chi connectivity index (χ0) is 15.6. The lowest BCUT2D eigenvalue weighted by atomic mass is 10.1. The summed E-state index contributed by atoms with van der Waals surface area (Å²) in [6.45, 7) is 1.77. The molecule has 7 heteroatoms. The highest BCUT2D eigenvalue weighted by Gasteiger charge is 2.18. The largest absolute Gasteiger partial charge is 0.279 e. The lowest BCUT2D eigenvalue weighted by Crippen LogP contribution is -2.14. The fraction of sp³-hybridized carbons (Fsp3) is 0.143. The number of hydrogen-bond acceptors (Lipinski definition) is 2. The van der Waals surface area contributed by atoms with Crippen molar-refractivity contribution < 1.29 is 8.42 Å². The van der Waals surface area contributed by atoms with Crippen molar-refractivity contribution in [2.75, 3.05) is 4.72 Å². The minimum Gasteiger partial charge on any atom is -0.279 e. The molecule has 0 spiro atoms. The van der Waals surface area contributed by atoms with Crippen LogP contribution in [0.25, 0.3) is 0 Å². The molecule has 0 aromatic heterocycles. The summed E-state index contributed by atoms with van der Waals surface area (Å²) >= 11 is 17.7. The van der Waals surface area contributed by atoms with Gasteiger partial charge in [-0.1, -0.05) is 41.4 Å². The van der Waals surface area contributed by atoms with Gasteiger partial charge in [0.2, 0.25) is 0 Å². The fourth-order valence-corrected chi connectivity index (χ4v) is 3.45. The van der Waals surface area contributed by atoms with E-state index in [0.29, 0.717) is 16.3 Å². The molecule has 0 saturated carbocycles. The Hall–Kier alpha value is -0.940. The van der Waals surface area contributed by atoms with Crippen LogP contribution in [-0.2, 0) is 10.0 Å². The van der Waals surface area contributed by atoms with Crippen LogP contribution in [0.3, 0.4) is 0 Å². The van der Waals surface area contributed by atoms with Gasteiger partial charge in [-0.3, -0.25) is 4.72 Å². The number of alkyl halides is 1. The van der Waals surface area contributed by atoms with E-state index in [0.717, 1.165) is 0 Å². The Bertz CT molecular complexity index is 761. The molecule has 3 nitrogen and oxygen atoms in total. The molecule has 0 saturated heterocycles. The second kappa shape index (κ2) is 6.44. The lowest BCUT2D eigenvalue weighted by molar-refractivity contribution is 0.601. The predicted octanol–water partition coefficient (Wildman–Crippen LogP) is 5.09. The van der Waals surface area contributed by atoms with E-state index in [1.54, 1.807) is 31.2 Å². The maximum atomic E-state index is 12.4. The summed E-state index contributed by atoms with van der Waals surface area (Å²) in [5.74, 6) is 0. The number of hydrogen-bond donors (Lipinski definition) is 1. The standard InChI is InChI=1S/C14H12Cl3NO2S/c1-9(15)11-4-2-3-5-14(11)18-21(19,20)10-6-7-12(16)13(17)8-10/h2-9,18H,1H3. The van der Waals surface area contributed by atoms with Gasteiger partial charge in [-0.15, -0.1) is 11.6 Å². The van der Waals surface area contributed by atoms with Gasteiger partial charge in [0.15, 0.2) is 0 Å². The predicted molar refractivity (Wildman–Crippen MR) is 88.0 cm³/mol. The summed E-state index contributed by atoms with van der Waals surface area (Å²) in [6.07, 6.45) is 0. The SMILES string of the molecule is CC(Cl)c1ccccc1NS(=O)(=O)c1ccc(Cl)c(Cl)c1. The molecule has 2 aromatic rings. The summed E-state index contributed by atoms with van der Waals surface area (Å²) in [5.41, 5.74) is 1.13. The summed E-state index contributed by atoms with van der Waals surface area (Å²) in [6, 6.07) is 11.1. The van der Waals surface area contributed by atoms with E-state index in [-0.39, 0.29) is 15.3 Å². The van der Waals surface area contributed by atoms with Gasteiger partial charge in [-0.2, -0.15) is 0 Å². The number of benzene rings is 2. The van der Waals surface area contributed by atoms with Gasteiger partial charge in [0.1, 0.15) is 0 Å². The minimum atomic E-state index is -3.76. The second-order valence-electron chi connectivity index (χ2n) is 4.38. The number of halogens is 3. The van der Waals surface area contributed by atoms with Gasteiger partial charge in [0, 0.05) is 0 Å². The molecule has 1 N–H and O–H groups in total. The van der Waals surface area contributed by atoms with E-state index in [1.807, 2.05) is 0 Å². The van der Waals surface area contributed by atoms with E-state index in [9.17, 15) is 8.42 Å². The molecule has 112 valence electrons. The maximum absolute atomic E-state index is 12.4. The smallest absolute Gasteiger partial charge is 0.261 e. The van der Waals surface area contributed by atoms with Crippen LogP contribution in [0.2, 0.25) is 10.0 Å². The number of para-hydroxylation sites is 1. The van der Waals surface area contributed by atoms with Crippen LogP contribution in [-0.4, -0.2) is 8.42 Å². The van der Waals surface area contributed by atoms with Gasteiger partial charge >= 0.3 is 0 Å². The average Bonchev–Trinajstić information content (AvgIpc) is 2.41. The first-order valence-electron chi connectivity index (χ1n) is 6.02. The van der Waals surface area contributed by atoms with Gasteiger partial charge < -0.3 is 0 Å². The van der Waals surface area contributed by atoms with Gasteiger partial charge in [-0.05, 0) is 36.8 Å². The highest BCUT2D eigenvalue weighted by atomic mass is 35.5. The number of sulfonamides is 1. The minimum absolute atomic E-state index is 0.0360. The normalized spacial score (nSPS) is 13.0. The van der Waals surface area contributed by atoms with Crippen LogP contribution in [0, 0.1) is 0 Å². The Morgan fingerprint density at radius 3 is 2.33 bits per heavy atom. The Morgan fingerprint density at radius 1 is 1.05 bits per heavy atom. The molecule has 0 aliphatic rings. The summed E-state index contributed by atoms with van der Waals surface area (Å²) < 4.78 is 27.3. The lowest BCUT2D eigenvalue weighted by Gasteiger charge is -2.14. The topological polar surface area (TPSA) is 46.2 Å². The van der Waals surface area contributed by atoms with Crippen molar-refractivity contribution in [2.45, 2.75) is 17.2 Å². The molecule has 0 aliphatic carbocycles. The molecular formula is C14H12Cl3NO2S. The first kappa shape index (κ1) is 16.4. The third-order valence-electron chi connectivity index (χ3n) is 2.84. The molecule has 1 atom stereocenters. The molecule has 0 radical (unpaired) electrons. The highest BCUT2D eigenvalue weighted by molar-refractivity contribution is 7.92. The Balaban J connectivity index is 2.40. The monoisotopic (exact) mass is 363 g/mol. The van der Waals surface area contributed by atoms with Crippen molar-refractivity contribution in [3.63, 3.8) is 0 Å². The van der Waals surface area contributed by atoms with Crippen molar-refractivity contribution in [3.8, 4) is 0 Å². The van der Waals surface area contributed by atoms with Crippen LogP contribution in [0.5, 0.6) is 0 Å². The van der Waals surface area contributed by atoms with Crippen LogP contribution < -0.4 is 4.72 Å². The Kier molecular flexibility index (Phi) is 5.04. The van der Waals surface area contributed by atoms with Crippen molar-refractivity contribution in [3.05, 3.63) is 58.1 Å². The fourth-order valence-electron chi connectivity index (χ4n) is 1.78. The molecule has 0 aliphatic heterocycles. The van der Waals surface area contributed by atoms with Crippen molar-refractivity contribution in [2.24, 2.45) is 0 Å². The van der Waals surface area contributed by atoms with Gasteiger partial charge in [0.05, 0.1) is 26.0 Å². The third kappa shape index (κ3) is 3.83. The van der Waals surface area contributed by atoms with Crippen molar-refractivity contribution >= 4 is 50.5 Å².